The smallest absolute Gasteiger partial charge is 0.251 e. The SMILES string of the molecule is O=C(NCc1ccc2ccc3cccc4ccc1c2c34)c1ccnc(-c2cc(C(=O)NCc3ccc4ccc5cccc6ccc3c4c56)ccn2)c1. The first kappa shape index (κ1) is 29.9. The number of pyridine rings is 2. The summed E-state index contributed by atoms with van der Waals surface area (Å²) < 4.78 is 0. The molecule has 0 fully saturated rings. The first-order chi connectivity index (χ1) is 25.6. The molecule has 2 heterocycles. The van der Waals surface area contributed by atoms with Gasteiger partial charge in [-0.25, -0.2) is 0 Å². The van der Waals surface area contributed by atoms with Crippen molar-refractivity contribution in [2.24, 2.45) is 0 Å². The van der Waals surface area contributed by atoms with E-state index in [9.17, 15) is 9.59 Å². The highest BCUT2D eigenvalue weighted by Gasteiger charge is 2.16. The van der Waals surface area contributed by atoms with Crippen molar-refractivity contribution >= 4 is 76.4 Å². The van der Waals surface area contributed by atoms with Gasteiger partial charge in [0.05, 0.1) is 11.4 Å². The lowest BCUT2D eigenvalue weighted by atomic mass is 9.92. The van der Waals surface area contributed by atoms with Crippen molar-refractivity contribution in [3.8, 4) is 11.4 Å². The summed E-state index contributed by atoms with van der Waals surface area (Å²) in [6.45, 7) is 0.759. The van der Waals surface area contributed by atoms with E-state index >= 15 is 0 Å². The van der Waals surface area contributed by atoms with E-state index in [1.54, 1.807) is 36.7 Å². The molecule has 0 aliphatic carbocycles. The summed E-state index contributed by atoms with van der Waals surface area (Å²) in [5, 5.41) is 20.6. The van der Waals surface area contributed by atoms with Gasteiger partial charge in [-0.1, -0.05) is 109 Å². The van der Waals surface area contributed by atoms with Crippen molar-refractivity contribution in [2.75, 3.05) is 0 Å². The molecule has 10 rings (SSSR count). The Labute approximate surface area is 298 Å². The number of hydrogen-bond acceptors (Lipinski definition) is 4. The van der Waals surface area contributed by atoms with Gasteiger partial charge in [-0.2, -0.15) is 0 Å². The maximum atomic E-state index is 13.4. The van der Waals surface area contributed by atoms with Crippen molar-refractivity contribution in [3.63, 3.8) is 0 Å². The number of aromatic nitrogens is 2. The van der Waals surface area contributed by atoms with E-state index in [0.29, 0.717) is 35.6 Å². The monoisotopic (exact) mass is 670 g/mol. The number of carbonyl (C=O) groups is 2. The van der Waals surface area contributed by atoms with Gasteiger partial charge in [-0.3, -0.25) is 19.6 Å². The minimum atomic E-state index is -0.212. The summed E-state index contributed by atoms with van der Waals surface area (Å²) in [5.74, 6) is -0.423. The Balaban J connectivity index is 0.868. The van der Waals surface area contributed by atoms with E-state index in [4.69, 9.17) is 0 Å². The van der Waals surface area contributed by atoms with Gasteiger partial charge in [-0.05, 0) is 100 Å². The Morgan fingerprint density at radius 1 is 0.423 bits per heavy atom. The van der Waals surface area contributed by atoms with E-state index in [0.717, 1.165) is 21.9 Å². The number of nitrogens with one attached hydrogen (secondary N) is 2. The Morgan fingerprint density at radius 3 is 1.21 bits per heavy atom. The van der Waals surface area contributed by atoms with E-state index in [1.165, 1.54) is 53.9 Å². The Kier molecular flexibility index (Phi) is 6.83. The molecule has 0 spiro atoms. The maximum Gasteiger partial charge on any atom is 0.251 e. The number of amides is 2. The Morgan fingerprint density at radius 2 is 0.788 bits per heavy atom. The standard InChI is InChI=1S/C46H30N4O2/c51-45(49-25-35-13-11-31-9-7-27-3-1-5-29-15-17-37(35)43(31)41(27)29)33-19-21-47-39(23-33)40-24-34(20-22-48-40)46(52)50-26-36-14-12-32-10-8-28-4-2-6-30-16-18-38(36)44(32)42(28)30/h1-24H,25-26H2,(H,49,51)(H,50,52). The van der Waals surface area contributed by atoms with Crippen LogP contribution in [0.15, 0.2) is 146 Å². The lowest BCUT2D eigenvalue weighted by Crippen LogP contribution is -2.23. The average Bonchev–Trinajstić information content (AvgIpc) is 3.20. The minimum absolute atomic E-state index is 0.212. The normalized spacial score (nSPS) is 11.8. The summed E-state index contributed by atoms with van der Waals surface area (Å²) in [7, 11) is 0. The third kappa shape index (κ3) is 4.88. The zero-order chi connectivity index (χ0) is 34.8. The van der Waals surface area contributed by atoms with E-state index < -0.39 is 0 Å². The van der Waals surface area contributed by atoms with Crippen LogP contribution in [0.3, 0.4) is 0 Å². The lowest BCUT2D eigenvalue weighted by Gasteiger charge is -2.14. The summed E-state index contributed by atoms with van der Waals surface area (Å²) >= 11 is 0. The summed E-state index contributed by atoms with van der Waals surface area (Å²) in [5.41, 5.74) is 4.06. The summed E-state index contributed by atoms with van der Waals surface area (Å²) in [4.78, 5) is 35.9. The second-order valence-electron chi connectivity index (χ2n) is 13.4. The minimum Gasteiger partial charge on any atom is -0.348 e. The molecular formula is C46H30N4O2. The Hall–Kier alpha value is -6.92. The molecule has 0 saturated carbocycles. The molecule has 6 nitrogen and oxygen atoms in total. The van der Waals surface area contributed by atoms with Gasteiger partial charge >= 0.3 is 0 Å². The molecule has 2 amide bonds. The molecule has 10 aromatic rings. The molecule has 0 aliphatic rings. The van der Waals surface area contributed by atoms with E-state index in [1.807, 2.05) is 0 Å². The van der Waals surface area contributed by atoms with Crippen LogP contribution < -0.4 is 10.6 Å². The average molecular weight is 671 g/mol. The van der Waals surface area contributed by atoms with Crippen LogP contribution >= 0.6 is 0 Å². The van der Waals surface area contributed by atoms with Gasteiger partial charge in [0.1, 0.15) is 0 Å². The molecule has 0 aliphatic heterocycles. The van der Waals surface area contributed by atoms with Crippen molar-refractivity contribution in [1.29, 1.82) is 0 Å². The van der Waals surface area contributed by atoms with Crippen molar-refractivity contribution in [2.45, 2.75) is 13.1 Å². The molecule has 246 valence electrons. The van der Waals surface area contributed by atoms with Gasteiger partial charge in [0.25, 0.3) is 11.8 Å². The molecule has 2 aromatic heterocycles. The predicted octanol–water partition coefficient (Wildman–Crippen LogP) is 9.80. The summed E-state index contributed by atoms with van der Waals surface area (Å²) in [6, 6.07) is 45.2. The molecule has 0 radical (unpaired) electrons. The lowest BCUT2D eigenvalue weighted by molar-refractivity contribution is 0.0943. The number of carbonyl (C=O) groups excluding carboxylic acids is 2. The summed E-state index contributed by atoms with van der Waals surface area (Å²) in [6.07, 6.45) is 3.20. The fourth-order valence-electron chi connectivity index (χ4n) is 7.88. The molecule has 0 atom stereocenters. The second-order valence-corrected chi connectivity index (χ2v) is 13.4. The van der Waals surface area contributed by atoms with Gasteiger partial charge in [0, 0.05) is 36.6 Å². The Bertz CT molecular complexity index is 2790. The largest absolute Gasteiger partial charge is 0.348 e. The van der Waals surface area contributed by atoms with Crippen LogP contribution in [-0.4, -0.2) is 21.8 Å². The van der Waals surface area contributed by atoms with Crippen LogP contribution in [0.5, 0.6) is 0 Å². The zero-order valence-corrected chi connectivity index (χ0v) is 28.0. The number of nitrogens with zero attached hydrogens (tertiary/aromatic N) is 2. The van der Waals surface area contributed by atoms with Crippen LogP contribution in [0.2, 0.25) is 0 Å². The molecular weight excluding hydrogens is 641 g/mol. The maximum absolute atomic E-state index is 13.4. The zero-order valence-electron chi connectivity index (χ0n) is 28.0. The number of rotatable bonds is 7. The van der Waals surface area contributed by atoms with Gasteiger partial charge in [0.2, 0.25) is 0 Å². The van der Waals surface area contributed by atoms with Crippen molar-refractivity contribution in [3.05, 3.63) is 168 Å². The van der Waals surface area contributed by atoms with E-state index in [2.05, 4.69) is 130 Å². The van der Waals surface area contributed by atoms with E-state index in [-0.39, 0.29) is 11.8 Å². The highest BCUT2D eigenvalue weighted by atomic mass is 16.2. The topological polar surface area (TPSA) is 84.0 Å². The highest BCUT2D eigenvalue weighted by molar-refractivity contribution is 6.24. The fourth-order valence-corrected chi connectivity index (χ4v) is 7.88. The van der Waals surface area contributed by atoms with Crippen molar-refractivity contribution in [1.82, 2.24) is 20.6 Å². The van der Waals surface area contributed by atoms with Crippen LogP contribution in [0.4, 0.5) is 0 Å². The molecule has 0 bridgehead atoms. The molecule has 0 saturated heterocycles. The first-order valence-electron chi connectivity index (χ1n) is 17.4. The third-order valence-corrected chi connectivity index (χ3v) is 10.4. The molecule has 6 heteroatoms. The van der Waals surface area contributed by atoms with Crippen LogP contribution in [0, 0.1) is 0 Å². The highest BCUT2D eigenvalue weighted by Crippen LogP contribution is 2.37. The van der Waals surface area contributed by atoms with Gasteiger partial charge < -0.3 is 10.6 Å². The quantitative estimate of drug-likeness (QED) is 0.165. The molecule has 52 heavy (non-hydrogen) atoms. The molecule has 0 unspecified atom stereocenters. The van der Waals surface area contributed by atoms with Crippen LogP contribution in [-0.2, 0) is 13.1 Å². The predicted molar refractivity (Wildman–Crippen MR) is 210 cm³/mol. The van der Waals surface area contributed by atoms with Gasteiger partial charge in [-0.15, -0.1) is 0 Å². The third-order valence-electron chi connectivity index (χ3n) is 10.4. The first-order valence-corrected chi connectivity index (χ1v) is 17.4. The van der Waals surface area contributed by atoms with Gasteiger partial charge in [0.15, 0.2) is 0 Å². The number of hydrogen-bond donors (Lipinski definition) is 2. The van der Waals surface area contributed by atoms with Crippen LogP contribution in [0.25, 0.3) is 76.0 Å². The second kappa shape index (κ2) is 11.9. The van der Waals surface area contributed by atoms with Crippen LogP contribution in [0.1, 0.15) is 31.8 Å². The molecule has 8 aromatic carbocycles. The number of benzene rings is 8. The fraction of sp³-hybridized carbons (Fsp3) is 0.0435. The van der Waals surface area contributed by atoms with Crippen molar-refractivity contribution < 1.29 is 9.59 Å². The molecule has 2 N–H and O–H groups in total.